The average Bonchev–Trinajstić information content (AvgIpc) is 2.91. The highest BCUT2D eigenvalue weighted by Crippen LogP contribution is 2.49. The number of ether oxygens (including phenoxy) is 6. The van der Waals surface area contributed by atoms with Crippen molar-refractivity contribution in [1.29, 1.82) is 0 Å². The van der Waals surface area contributed by atoms with Crippen LogP contribution in [0, 0.1) is 0 Å². The minimum atomic E-state index is -1.000. The van der Waals surface area contributed by atoms with Crippen molar-refractivity contribution < 1.29 is 28.4 Å². The molecule has 0 amide bonds. The molecule has 0 aromatic carbocycles. The molecular weight excluding hydrogens is 260 g/mol. The second-order valence-electron chi connectivity index (χ2n) is 5.32. The Hall–Kier alpha value is 0.110. The van der Waals surface area contributed by atoms with Gasteiger partial charge < -0.3 is 28.4 Å². The molecule has 4 saturated heterocycles. The standard InChI is InChI=1S/C11H16O6S/c1-10(2)15-8-7-6(13-9(8)17-10)5-4-12-11(14-5,16-7)18-3/h5-9H,4H2,1-3H3/t5-,6+,7-,8-,9+,11+/m0/s1. The normalized spacial score (nSPS) is 56.5. The maximum atomic E-state index is 5.93. The number of thioether (sulfide) groups is 1. The van der Waals surface area contributed by atoms with Crippen molar-refractivity contribution in [3.05, 3.63) is 0 Å². The zero-order valence-electron chi connectivity index (χ0n) is 10.5. The summed E-state index contributed by atoms with van der Waals surface area (Å²) in [5.74, 6) is -0.631. The second kappa shape index (κ2) is 3.60. The van der Waals surface area contributed by atoms with Gasteiger partial charge in [0.25, 0.3) is 0 Å². The van der Waals surface area contributed by atoms with Crippen molar-refractivity contribution in [2.45, 2.75) is 55.6 Å². The summed E-state index contributed by atoms with van der Waals surface area (Å²) < 4.78 is 34.7. The molecule has 0 aromatic rings. The molecule has 18 heavy (non-hydrogen) atoms. The highest BCUT2D eigenvalue weighted by molar-refractivity contribution is 7.99. The largest absolute Gasteiger partial charge is 0.341 e. The Morgan fingerprint density at radius 2 is 1.83 bits per heavy atom. The summed E-state index contributed by atoms with van der Waals surface area (Å²) in [6.45, 7) is 4.22. The minimum absolute atomic E-state index is 0.114. The van der Waals surface area contributed by atoms with Crippen LogP contribution in [-0.4, -0.2) is 54.7 Å². The number of hydrogen-bond acceptors (Lipinski definition) is 7. The first kappa shape index (κ1) is 11.9. The van der Waals surface area contributed by atoms with E-state index in [1.807, 2.05) is 20.1 Å². The predicted octanol–water partition coefficient (Wildman–Crippen LogP) is 0.651. The van der Waals surface area contributed by atoms with Crippen LogP contribution >= 0.6 is 11.8 Å². The van der Waals surface area contributed by atoms with Gasteiger partial charge in [-0.25, -0.2) is 0 Å². The van der Waals surface area contributed by atoms with E-state index in [0.717, 1.165) is 0 Å². The number of fused-ring (bicyclic) bond motifs is 6. The fraction of sp³-hybridized carbons (Fsp3) is 1.00. The molecule has 0 aromatic heterocycles. The van der Waals surface area contributed by atoms with Crippen molar-refractivity contribution in [1.82, 2.24) is 0 Å². The summed E-state index contributed by atoms with van der Waals surface area (Å²) in [5.41, 5.74) is 0. The number of hydrogen-bond donors (Lipinski definition) is 0. The molecule has 4 aliphatic heterocycles. The van der Waals surface area contributed by atoms with Gasteiger partial charge in [-0.3, -0.25) is 0 Å². The third-order valence-electron chi connectivity index (χ3n) is 3.64. The molecule has 6 nitrogen and oxygen atoms in total. The molecule has 0 unspecified atom stereocenters. The molecular formula is C11H16O6S. The Labute approximate surface area is 109 Å². The Morgan fingerprint density at radius 1 is 1.00 bits per heavy atom. The first-order chi connectivity index (χ1) is 8.52. The highest BCUT2D eigenvalue weighted by Gasteiger charge is 2.65. The van der Waals surface area contributed by atoms with Crippen LogP contribution in [0.2, 0.25) is 0 Å². The van der Waals surface area contributed by atoms with E-state index in [1.165, 1.54) is 11.8 Å². The molecule has 7 heteroatoms. The van der Waals surface area contributed by atoms with Crippen molar-refractivity contribution in [3.8, 4) is 0 Å². The van der Waals surface area contributed by atoms with Crippen LogP contribution in [0.3, 0.4) is 0 Å². The predicted molar refractivity (Wildman–Crippen MR) is 60.6 cm³/mol. The lowest BCUT2D eigenvalue weighted by Gasteiger charge is -2.37. The fourth-order valence-electron chi connectivity index (χ4n) is 2.92. The fourth-order valence-corrected chi connectivity index (χ4v) is 3.53. The summed E-state index contributed by atoms with van der Waals surface area (Å²) >= 11 is 1.40. The highest BCUT2D eigenvalue weighted by atomic mass is 32.2. The van der Waals surface area contributed by atoms with E-state index in [2.05, 4.69) is 0 Å². The molecule has 0 N–H and O–H groups in total. The Balaban J connectivity index is 1.61. The summed E-state index contributed by atoms with van der Waals surface area (Å²) in [6, 6.07) is 0. The van der Waals surface area contributed by atoms with Crippen LogP contribution in [0.25, 0.3) is 0 Å². The molecule has 4 fully saturated rings. The summed E-state index contributed by atoms with van der Waals surface area (Å²) in [5, 5.41) is -1.000. The minimum Gasteiger partial charge on any atom is -0.341 e. The monoisotopic (exact) mass is 276 g/mol. The molecule has 0 aliphatic carbocycles. The Morgan fingerprint density at radius 3 is 2.61 bits per heavy atom. The molecule has 4 rings (SSSR count). The van der Waals surface area contributed by atoms with Gasteiger partial charge in [0.05, 0.1) is 6.61 Å². The maximum Gasteiger partial charge on any atom is 0.338 e. The molecule has 4 heterocycles. The third kappa shape index (κ3) is 1.53. The van der Waals surface area contributed by atoms with Gasteiger partial charge in [-0.2, -0.15) is 0 Å². The van der Waals surface area contributed by atoms with Gasteiger partial charge in [-0.15, -0.1) is 0 Å². The van der Waals surface area contributed by atoms with E-state index in [-0.39, 0.29) is 30.7 Å². The lowest BCUT2D eigenvalue weighted by molar-refractivity contribution is -0.343. The van der Waals surface area contributed by atoms with Crippen LogP contribution in [0.5, 0.6) is 0 Å². The van der Waals surface area contributed by atoms with E-state index in [9.17, 15) is 0 Å². The first-order valence-corrected chi connectivity index (χ1v) is 7.30. The van der Waals surface area contributed by atoms with Gasteiger partial charge in [0, 0.05) is 0 Å². The zero-order chi connectivity index (χ0) is 12.5. The van der Waals surface area contributed by atoms with E-state index >= 15 is 0 Å². The SMILES string of the molecule is CS[C@]12OC[C@H](O1)[C@H]1O[C@@H]3OC(C)(C)O[C@H]3[C@H]1O2. The van der Waals surface area contributed by atoms with E-state index in [0.29, 0.717) is 6.61 Å². The topological polar surface area (TPSA) is 55.4 Å². The zero-order valence-corrected chi connectivity index (χ0v) is 11.3. The van der Waals surface area contributed by atoms with Crippen molar-refractivity contribution in [3.63, 3.8) is 0 Å². The summed E-state index contributed by atoms with van der Waals surface area (Å²) in [7, 11) is 0. The third-order valence-corrected chi connectivity index (χ3v) is 4.45. The molecule has 0 spiro atoms. The van der Waals surface area contributed by atoms with Gasteiger partial charge in [0.1, 0.15) is 24.4 Å². The lowest BCUT2D eigenvalue weighted by Crippen LogP contribution is -2.52. The van der Waals surface area contributed by atoms with Gasteiger partial charge in [-0.05, 0) is 20.1 Å². The average molecular weight is 276 g/mol. The van der Waals surface area contributed by atoms with Crippen LogP contribution in [0.4, 0.5) is 0 Å². The van der Waals surface area contributed by atoms with Crippen LogP contribution in [-0.2, 0) is 28.4 Å². The molecule has 0 saturated carbocycles. The van der Waals surface area contributed by atoms with E-state index in [1.54, 1.807) is 0 Å². The Bertz CT molecular complexity index is 377. The molecule has 2 bridgehead atoms. The van der Waals surface area contributed by atoms with Crippen LogP contribution in [0.1, 0.15) is 13.8 Å². The van der Waals surface area contributed by atoms with Gasteiger partial charge >= 0.3 is 5.31 Å². The Kier molecular flexibility index (Phi) is 2.38. The van der Waals surface area contributed by atoms with Crippen molar-refractivity contribution in [2.24, 2.45) is 0 Å². The molecule has 102 valence electrons. The summed E-state index contributed by atoms with van der Waals surface area (Å²) in [4.78, 5) is 0. The van der Waals surface area contributed by atoms with E-state index < -0.39 is 11.1 Å². The maximum absolute atomic E-state index is 5.93. The lowest BCUT2D eigenvalue weighted by atomic mass is 10.1. The van der Waals surface area contributed by atoms with E-state index in [4.69, 9.17) is 28.4 Å². The second-order valence-corrected chi connectivity index (χ2v) is 6.23. The quantitative estimate of drug-likeness (QED) is 0.697. The van der Waals surface area contributed by atoms with Gasteiger partial charge in [0.2, 0.25) is 0 Å². The first-order valence-electron chi connectivity index (χ1n) is 6.08. The molecule has 4 aliphatic rings. The van der Waals surface area contributed by atoms with Crippen LogP contribution in [0.15, 0.2) is 0 Å². The smallest absolute Gasteiger partial charge is 0.338 e. The number of rotatable bonds is 1. The summed E-state index contributed by atoms with van der Waals surface area (Å²) in [6.07, 6.45) is 0.800. The van der Waals surface area contributed by atoms with Crippen LogP contribution < -0.4 is 0 Å². The van der Waals surface area contributed by atoms with Gasteiger partial charge in [0.15, 0.2) is 12.1 Å². The molecule has 0 radical (unpaired) electrons. The van der Waals surface area contributed by atoms with Crippen molar-refractivity contribution >= 4 is 11.8 Å². The molecule has 6 atom stereocenters. The van der Waals surface area contributed by atoms with Crippen molar-refractivity contribution in [2.75, 3.05) is 12.9 Å². The van der Waals surface area contributed by atoms with Gasteiger partial charge in [-0.1, -0.05) is 11.8 Å².